The summed E-state index contributed by atoms with van der Waals surface area (Å²) in [6.07, 6.45) is 3.13. The van der Waals surface area contributed by atoms with Crippen molar-refractivity contribution >= 4 is 18.0 Å². The zero-order valence-electron chi connectivity index (χ0n) is 17.0. The molecule has 158 valence electrons. The zero-order valence-corrected chi connectivity index (χ0v) is 17.0. The Morgan fingerprint density at radius 1 is 0.871 bits per heavy atom. The van der Waals surface area contributed by atoms with Gasteiger partial charge in [-0.3, -0.25) is 4.79 Å². The number of nitrogens with one attached hydrogen (secondary N) is 1. The molecule has 0 aliphatic carbocycles. The van der Waals surface area contributed by atoms with E-state index in [2.05, 4.69) is 29.6 Å². The first-order valence-electron chi connectivity index (χ1n) is 10.1. The fourth-order valence-corrected chi connectivity index (χ4v) is 3.26. The van der Waals surface area contributed by atoms with Crippen molar-refractivity contribution in [2.75, 3.05) is 13.2 Å². The molecule has 0 fully saturated rings. The van der Waals surface area contributed by atoms with E-state index in [1.54, 1.807) is 18.2 Å². The van der Waals surface area contributed by atoms with Crippen LogP contribution in [0.15, 0.2) is 91.0 Å². The van der Waals surface area contributed by atoms with Gasteiger partial charge in [-0.05, 0) is 29.7 Å². The quantitative estimate of drug-likeness (QED) is 0.405. The van der Waals surface area contributed by atoms with Crippen LogP contribution >= 0.6 is 0 Å². The van der Waals surface area contributed by atoms with Crippen molar-refractivity contribution in [2.45, 2.75) is 12.3 Å². The Bertz CT molecular complexity index is 980. The Hall–Kier alpha value is -3.73. The van der Waals surface area contributed by atoms with Crippen molar-refractivity contribution in [3.05, 3.63) is 114 Å². The molecule has 31 heavy (non-hydrogen) atoms. The summed E-state index contributed by atoms with van der Waals surface area (Å²) in [4.78, 5) is 23.8. The number of carbonyl (C=O) groups excluding carboxylic acids is 2. The molecule has 0 saturated heterocycles. The van der Waals surface area contributed by atoms with Crippen LogP contribution in [-0.4, -0.2) is 25.0 Å². The van der Waals surface area contributed by atoms with E-state index in [1.165, 1.54) is 23.3 Å². The molecule has 1 amide bonds. The molecule has 0 bridgehead atoms. The predicted octanol–water partition coefficient (Wildman–Crippen LogP) is 4.72. The van der Waals surface area contributed by atoms with Crippen LogP contribution in [0.3, 0.4) is 0 Å². The lowest BCUT2D eigenvalue weighted by atomic mass is 9.88. The van der Waals surface area contributed by atoms with E-state index in [1.807, 2.05) is 36.4 Å². The van der Waals surface area contributed by atoms with Gasteiger partial charge in [-0.15, -0.1) is 0 Å². The Balaban J connectivity index is 1.47. The van der Waals surface area contributed by atoms with Crippen LogP contribution in [0.5, 0.6) is 0 Å². The molecule has 0 saturated carbocycles. The third kappa shape index (κ3) is 6.93. The average molecular weight is 417 g/mol. The van der Waals surface area contributed by atoms with Gasteiger partial charge < -0.3 is 10.1 Å². The van der Waals surface area contributed by atoms with Crippen LogP contribution in [0, 0.1) is 5.82 Å². The number of halogens is 1. The van der Waals surface area contributed by atoms with Crippen molar-refractivity contribution in [2.24, 2.45) is 0 Å². The molecule has 0 radical (unpaired) electrons. The van der Waals surface area contributed by atoms with Gasteiger partial charge in [0.2, 0.25) is 0 Å². The maximum Gasteiger partial charge on any atom is 0.331 e. The molecule has 0 heterocycles. The van der Waals surface area contributed by atoms with E-state index < -0.39 is 11.8 Å². The largest absolute Gasteiger partial charge is 0.452 e. The second kappa shape index (κ2) is 11.5. The SMILES string of the molecule is O=C(COC(=O)/C=C/c1ccccc1F)NCCC(c1ccccc1)c1ccccc1. The molecule has 3 rings (SSSR count). The highest BCUT2D eigenvalue weighted by Crippen LogP contribution is 2.27. The number of esters is 1. The number of hydrogen-bond acceptors (Lipinski definition) is 3. The summed E-state index contributed by atoms with van der Waals surface area (Å²) in [6.45, 7) is 0.0533. The first kappa shape index (κ1) is 22.0. The molecule has 0 aliphatic rings. The van der Waals surface area contributed by atoms with E-state index >= 15 is 0 Å². The van der Waals surface area contributed by atoms with Gasteiger partial charge in [-0.1, -0.05) is 78.9 Å². The van der Waals surface area contributed by atoms with Crippen LogP contribution in [0.2, 0.25) is 0 Å². The molecular formula is C26H24FNO3. The second-order valence-electron chi connectivity index (χ2n) is 6.98. The number of carbonyl (C=O) groups is 2. The van der Waals surface area contributed by atoms with Gasteiger partial charge in [0.05, 0.1) is 0 Å². The summed E-state index contributed by atoms with van der Waals surface area (Å²) in [7, 11) is 0. The van der Waals surface area contributed by atoms with Crippen LogP contribution in [-0.2, 0) is 14.3 Å². The molecule has 0 unspecified atom stereocenters. The normalized spacial score (nSPS) is 10.9. The first-order chi connectivity index (χ1) is 15.1. The van der Waals surface area contributed by atoms with Gasteiger partial charge in [0, 0.05) is 24.1 Å². The van der Waals surface area contributed by atoms with Crippen molar-refractivity contribution in [3.63, 3.8) is 0 Å². The topological polar surface area (TPSA) is 55.4 Å². The van der Waals surface area contributed by atoms with Crippen molar-refractivity contribution in [1.29, 1.82) is 0 Å². The van der Waals surface area contributed by atoms with E-state index in [9.17, 15) is 14.0 Å². The standard InChI is InChI=1S/C26H24FNO3/c27-24-14-8-7-13-22(24)15-16-26(30)31-19-25(29)28-18-17-23(20-9-3-1-4-10-20)21-11-5-2-6-12-21/h1-16,23H,17-19H2,(H,28,29)/b16-15+. The molecule has 0 aromatic heterocycles. The summed E-state index contributed by atoms with van der Waals surface area (Å²) in [5, 5.41) is 2.79. The summed E-state index contributed by atoms with van der Waals surface area (Å²) in [5.41, 5.74) is 2.62. The fourth-order valence-electron chi connectivity index (χ4n) is 3.26. The minimum absolute atomic E-state index is 0.147. The maximum absolute atomic E-state index is 13.5. The molecule has 0 spiro atoms. The van der Waals surface area contributed by atoms with Gasteiger partial charge >= 0.3 is 5.97 Å². The number of hydrogen-bond donors (Lipinski definition) is 1. The monoisotopic (exact) mass is 417 g/mol. The minimum atomic E-state index is -0.704. The predicted molar refractivity (Wildman–Crippen MR) is 119 cm³/mol. The highest BCUT2D eigenvalue weighted by atomic mass is 19.1. The molecule has 3 aromatic carbocycles. The lowest BCUT2D eigenvalue weighted by Gasteiger charge is -2.18. The average Bonchev–Trinajstić information content (AvgIpc) is 2.81. The second-order valence-corrected chi connectivity index (χ2v) is 6.98. The molecule has 3 aromatic rings. The highest BCUT2D eigenvalue weighted by molar-refractivity contribution is 5.89. The lowest BCUT2D eigenvalue weighted by Crippen LogP contribution is -2.30. The van der Waals surface area contributed by atoms with E-state index in [4.69, 9.17) is 4.74 Å². The van der Waals surface area contributed by atoms with Gasteiger partial charge in [0.25, 0.3) is 5.91 Å². The fraction of sp³-hybridized carbons (Fsp3) is 0.154. The summed E-state index contributed by atoms with van der Waals surface area (Å²) in [6, 6.07) is 26.3. The molecule has 5 heteroatoms. The Morgan fingerprint density at radius 3 is 2.06 bits per heavy atom. The number of ether oxygens (including phenoxy) is 1. The Kier molecular flexibility index (Phi) is 8.12. The minimum Gasteiger partial charge on any atom is -0.452 e. The smallest absolute Gasteiger partial charge is 0.331 e. The van der Waals surface area contributed by atoms with Gasteiger partial charge in [0.15, 0.2) is 6.61 Å². The van der Waals surface area contributed by atoms with Gasteiger partial charge in [-0.2, -0.15) is 0 Å². The Labute approximate surface area is 181 Å². The third-order valence-corrected chi connectivity index (χ3v) is 4.81. The van der Waals surface area contributed by atoms with Crippen LogP contribution in [0.1, 0.15) is 29.0 Å². The number of rotatable bonds is 9. The van der Waals surface area contributed by atoms with Crippen molar-refractivity contribution in [3.8, 4) is 0 Å². The van der Waals surface area contributed by atoms with Gasteiger partial charge in [0.1, 0.15) is 5.82 Å². The summed E-state index contributed by atoms with van der Waals surface area (Å²) >= 11 is 0. The number of benzene rings is 3. The van der Waals surface area contributed by atoms with Crippen molar-refractivity contribution in [1.82, 2.24) is 5.32 Å². The molecule has 0 atom stereocenters. The summed E-state index contributed by atoms with van der Waals surface area (Å²) < 4.78 is 18.5. The number of amides is 1. The molecule has 1 N–H and O–H groups in total. The molecule has 0 aliphatic heterocycles. The van der Waals surface area contributed by atoms with Gasteiger partial charge in [-0.25, -0.2) is 9.18 Å². The van der Waals surface area contributed by atoms with Crippen LogP contribution in [0.25, 0.3) is 6.08 Å². The van der Waals surface area contributed by atoms with E-state index in [-0.39, 0.29) is 24.0 Å². The third-order valence-electron chi connectivity index (χ3n) is 4.81. The van der Waals surface area contributed by atoms with Crippen LogP contribution < -0.4 is 5.32 Å². The maximum atomic E-state index is 13.5. The Morgan fingerprint density at radius 2 is 1.45 bits per heavy atom. The highest BCUT2D eigenvalue weighted by Gasteiger charge is 2.14. The molecule has 4 nitrogen and oxygen atoms in total. The van der Waals surface area contributed by atoms with Crippen LogP contribution in [0.4, 0.5) is 4.39 Å². The first-order valence-corrected chi connectivity index (χ1v) is 10.1. The van der Waals surface area contributed by atoms with Crippen molar-refractivity contribution < 1.29 is 18.7 Å². The van der Waals surface area contributed by atoms with E-state index in [0.29, 0.717) is 13.0 Å². The zero-order chi connectivity index (χ0) is 21.9. The van der Waals surface area contributed by atoms with E-state index in [0.717, 1.165) is 6.08 Å². The summed E-state index contributed by atoms with van der Waals surface area (Å²) in [5.74, 6) is -1.37. The lowest BCUT2D eigenvalue weighted by molar-refractivity contribution is -0.143. The molecular weight excluding hydrogens is 393 g/mol.